The van der Waals surface area contributed by atoms with Crippen LogP contribution in [-0.2, 0) is 4.74 Å². The van der Waals surface area contributed by atoms with E-state index in [1.165, 1.54) is 6.20 Å². The molecule has 160 valence electrons. The number of allylic oxidation sites excluding steroid dienone is 4. The van der Waals surface area contributed by atoms with Crippen LogP contribution in [0.1, 0.15) is 43.1 Å². The summed E-state index contributed by atoms with van der Waals surface area (Å²) in [6.45, 7) is 3.87. The van der Waals surface area contributed by atoms with Gasteiger partial charge in [-0.05, 0) is 31.9 Å². The van der Waals surface area contributed by atoms with Gasteiger partial charge < -0.3 is 9.30 Å². The largest absolute Gasteiger partial charge is 0.462 e. The van der Waals surface area contributed by atoms with Gasteiger partial charge in [-0.25, -0.2) is 24.1 Å². The van der Waals surface area contributed by atoms with E-state index in [0.717, 1.165) is 30.2 Å². The second kappa shape index (κ2) is 6.66. The normalized spacial score (nSPS) is 19.0. The molecule has 8 heteroatoms. The molecule has 0 amide bonds. The third-order valence-electron chi connectivity index (χ3n) is 6.17. The highest BCUT2D eigenvalue weighted by Crippen LogP contribution is 2.38. The van der Waals surface area contributed by atoms with Gasteiger partial charge in [0.05, 0.1) is 23.2 Å². The molecule has 1 unspecified atom stereocenters. The maximum atomic E-state index is 15.2. The lowest BCUT2D eigenvalue weighted by Crippen LogP contribution is -2.32. The molecule has 7 nitrogen and oxygen atoms in total. The van der Waals surface area contributed by atoms with Gasteiger partial charge >= 0.3 is 5.97 Å². The quantitative estimate of drug-likeness (QED) is 0.471. The fraction of sp³-hybridized carbons (Fsp3) is 0.292. The summed E-state index contributed by atoms with van der Waals surface area (Å²) < 4.78 is 22.1. The summed E-state index contributed by atoms with van der Waals surface area (Å²) >= 11 is 0. The topological polar surface area (TPSA) is 86.4 Å². The molecule has 0 radical (unpaired) electrons. The van der Waals surface area contributed by atoms with Gasteiger partial charge in [-0.3, -0.25) is 4.79 Å². The number of rotatable bonds is 3. The molecule has 3 aromatic rings. The number of halogens is 1. The molecule has 3 heterocycles. The predicted octanol–water partition coefficient (Wildman–Crippen LogP) is 2.47. The fourth-order valence-corrected chi connectivity index (χ4v) is 4.53. The number of benzene rings is 1. The zero-order valence-corrected chi connectivity index (χ0v) is 17.6. The zero-order chi connectivity index (χ0) is 22.1. The molecule has 1 aromatic carbocycles. The molecule has 1 fully saturated rings. The number of fused-ring (bicyclic) bond motifs is 5. The van der Waals surface area contributed by atoms with E-state index < -0.39 is 17.2 Å². The number of esters is 1. The van der Waals surface area contributed by atoms with E-state index >= 15 is 4.39 Å². The lowest BCUT2D eigenvalue weighted by Gasteiger charge is -2.15. The van der Waals surface area contributed by atoms with Crippen LogP contribution in [0, 0.1) is 11.7 Å². The lowest BCUT2D eigenvalue weighted by molar-refractivity contribution is 0.0524. The molecule has 6 rings (SSSR count). The van der Waals surface area contributed by atoms with Crippen LogP contribution in [0.4, 0.5) is 4.39 Å². The van der Waals surface area contributed by atoms with Gasteiger partial charge in [0.15, 0.2) is 11.3 Å². The number of carbonyl (C=O) groups excluding carboxylic acids is 1. The summed E-state index contributed by atoms with van der Waals surface area (Å²) in [5.74, 6) is -1.28. The minimum atomic E-state index is -0.707. The van der Waals surface area contributed by atoms with Crippen molar-refractivity contribution in [3.8, 4) is 0 Å². The van der Waals surface area contributed by atoms with E-state index in [4.69, 9.17) is 9.72 Å². The Morgan fingerprint density at radius 3 is 2.84 bits per heavy atom. The molecular weight excluding hydrogens is 411 g/mol. The number of hydrogen-bond acceptors (Lipinski definition) is 6. The van der Waals surface area contributed by atoms with Crippen LogP contribution in [0.2, 0.25) is 0 Å². The highest BCUT2D eigenvalue weighted by molar-refractivity contribution is 6.04. The van der Waals surface area contributed by atoms with E-state index in [1.807, 2.05) is 29.7 Å². The van der Waals surface area contributed by atoms with Gasteiger partial charge in [-0.1, -0.05) is 19.1 Å². The molecule has 2 aliphatic carbocycles. The molecule has 2 aromatic heterocycles. The van der Waals surface area contributed by atoms with E-state index in [-0.39, 0.29) is 35.0 Å². The lowest BCUT2D eigenvalue weighted by atomic mass is 9.94. The summed E-state index contributed by atoms with van der Waals surface area (Å²) in [6.07, 6.45) is 9.21. The van der Waals surface area contributed by atoms with E-state index in [1.54, 1.807) is 6.92 Å². The minimum Gasteiger partial charge on any atom is -0.462 e. The Balaban J connectivity index is 1.77. The Kier molecular flexibility index (Phi) is 3.96. The molecule has 0 spiro atoms. The Hall–Kier alpha value is -3.68. The first-order valence-electron chi connectivity index (χ1n) is 10.7. The van der Waals surface area contributed by atoms with Gasteiger partial charge in [0.1, 0.15) is 21.9 Å². The van der Waals surface area contributed by atoms with Crippen LogP contribution in [0.3, 0.4) is 0 Å². The molecule has 3 aliphatic rings. The Morgan fingerprint density at radius 2 is 2.09 bits per heavy atom. The standard InChI is InChI=1S/C24H19FN4O3/c1-3-32-24(31)14-10-29(12-7-8-12)21-13(22(14)30)9-15(25)18-20(21)27-19-17-11(2)5-4-6-16(17)26-23(19)28-18/h4-6,9-12H,3,7-8H2,1-2H3. The van der Waals surface area contributed by atoms with Crippen molar-refractivity contribution in [2.24, 2.45) is 10.9 Å². The summed E-state index contributed by atoms with van der Waals surface area (Å²) in [5.41, 5.74) is 2.31. The SMILES string of the molecule is CCOC(=O)c1cn(C2CC2)c2c(cc(F)c3nc4c(nc32)=C2C(=CC=CC2C)N=4)c1=O. The van der Waals surface area contributed by atoms with Crippen molar-refractivity contribution < 1.29 is 13.9 Å². The van der Waals surface area contributed by atoms with Crippen molar-refractivity contribution in [2.75, 3.05) is 6.61 Å². The van der Waals surface area contributed by atoms with Gasteiger partial charge in [-0.15, -0.1) is 0 Å². The second-order valence-corrected chi connectivity index (χ2v) is 8.33. The van der Waals surface area contributed by atoms with Crippen LogP contribution in [0.5, 0.6) is 0 Å². The molecule has 0 saturated heterocycles. The third kappa shape index (κ3) is 2.62. The first-order chi connectivity index (χ1) is 15.5. The van der Waals surface area contributed by atoms with Crippen LogP contribution in [-0.4, -0.2) is 27.1 Å². The van der Waals surface area contributed by atoms with Gasteiger partial charge in [0.2, 0.25) is 5.43 Å². The van der Waals surface area contributed by atoms with E-state index in [2.05, 4.69) is 9.98 Å². The van der Waals surface area contributed by atoms with E-state index in [9.17, 15) is 9.59 Å². The average molecular weight is 430 g/mol. The average Bonchev–Trinajstić information content (AvgIpc) is 3.54. The van der Waals surface area contributed by atoms with Crippen LogP contribution in [0.25, 0.3) is 27.5 Å². The van der Waals surface area contributed by atoms with Gasteiger partial charge in [0.25, 0.3) is 0 Å². The molecule has 32 heavy (non-hydrogen) atoms. The van der Waals surface area contributed by atoms with Crippen molar-refractivity contribution >= 4 is 33.5 Å². The monoisotopic (exact) mass is 430 g/mol. The Labute approximate surface area is 181 Å². The number of aromatic nitrogens is 3. The maximum Gasteiger partial charge on any atom is 0.343 e. The first-order valence-corrected chi connectivity index (χ1v) is 10.7. The fourth-order valence-electron chi connectivity index (χ4n) is 4.53. The third-order valence-corrected chi connectivity index (χ3v) is 6.17. The highest BCUT2D eigenvalue weighted by atomic mass is 19.1. The molecule has 0 N–H and O–H groups in total. The predicted molar refractivity (Wildman–Crippen MR) is 116 cm³/mol. The summed E-state index contributed by atoms with van der Waals surface area (Å²) in [5, 5.41) is 0.714. The van der Waals surface area contributed by atoms with Crippen molar-refractivity contribution in [3.63, 3.8) is 0 Å². The van der Waals surface area contributed by atoms with Crippen molar-refractivity contribution in [1.82, 2.24) is 14.5 Å². The van der Waals surface area contributed by atoms with Crippen LogP contribution < -0.4 is 16.3 Å². The number of ether oxygens (including phenoxy) is 1. The summed E-state index contributed by atoms with van der Waals surface area (Å²) in [4.78, 5) is 39.5. The Bertz CT molecular complexity index is 1610. The first kappa shape index (κ1) is 19.0. The van der Waals surface area contributed by atoms with Crippen molar-refractivity contribution in [2.45, 2.75) is 32.7 Å². The highest BCUT2D eigenvalue weighted by Gasteiger charge is 2.30. The number of nitrogens with zero attached hydrogens (tertiary/aromatic N) is 4. The summed E-state index contributed by atoms with van der Waals surface area (Å²) in [6, 6.07) is 1.26. The molecular formula is C24H19FN4O3. The zero-order valence-electron chi connectivity index (χ0n) is 17.6. The van der Waals surface area contributed by atoms with Gasteiger partial charge in [0, 0.05) is 23.7 Å². The molecule has 1 saturated carbocycles. The maximum absolute atomic E-state index is 15.2. The van der Waals surface area contributed by atoms with Crippen LogP contribution in [0.15, 0.2) is 46.0 Å². The van der Waals surface area contributed by atoms with Gasteiger partial charge in [-0.2, -0.15) is 0 Å². The second-order valence-electron chi connectivity index (χ2n) is 8.33. The Morgan fingerprint density at radius 1 is 1.28 bits per heavy atom. The molecule has 1 aliphatic heterocycles. The number of carbonyl (C=O) groups is 1. The molecule has 0 bridgehead atoms. The number of pyridine rings is 1. The minimum absolute atomic E-state index is 0.0677. The van der Waals surface area contributed by atoms with Crippen LogP contribution >= 0.6 is 0 Å². The smallest absolute Gasteiger partial charge is 0.343 e. The van der Waals surface area contributed by atoms with Crippen molar-refractivity contribution in [1.29, 1.82) is 0 Å². The summed E-state index contributed by atoms with van der Waals surface area (Å²) in [7, 11) is 0. The number of hydrogen-bond donors (Lipinski definition) is 0. The van der Waals surface area contributed by atoms with Crippen molar-refractivity contribution in [3.05, 3.63) is 68.6 Å². The van der Waals surface area contributed by atoms with E-state index in [0.29, 0.717) is 21.9 Å². The molecule has 1 atom stereocenters.